The van der Waals surface area contributed by atoms with Crippen LogP contribution in [0.15, 0.2) is 35.8 Å². The number of anilines is 1. The zero-order valence-electron chi connectivity index (χ0n) is 12.4. The number of carboxylic acids is 1. The van der Waals surface area contributed by atoms with Crippen molar-refractivity contribution in [3.05, 3.63) is 35.8 Å². The number of hydrogen-bond donors (Lipinski definition) is 2. The Morgan fingerprint density at radius 3 is 3.00 bits per heavy atom. The predicted molar refractivity (Wildman–Crippen MR) is 88.5 cm³/mol. The molecule has 1 fully saturated rings. The Labute approximate surface area is 137 Å². The topological polar surface area (TPSA) is 82.5 Å². The van der Waals surface area contributed by atoms with Gasteiger partial charge in [0.25, 0.3) is 0 Å². The molecule has 23 heavy (non-hydrogen) atoms. The minimum absolute atomic E-state index is 0.257. The molecule has 1 unspecified atom stereocenters. The number of carbonyl (C=O) groups is 2. The number of amides is 2. The summed E-state index contributed by atoms with van der Waals surface area (Å²) in [5, 5.41) is 14.7. The number of piperidine rings is 1. The molecule has 1 atom stereocenters. The van der Waals surface area contributed by atoms with E-state index in [0.717, 1.165) is 10.6 Å². The van der Waals surface area contributed by atoms with Crippen LogP contribution in [0.4, 0.5) is 10.5 Å². The van der Waals surface area contributed by atoms with Gasteiger partial charge in [-0.2, -0.15) is 0 Å². The Bertz CT molecular complexity index is 702. The molecule has 1 aromatic heterocycles. The van der Waals surface area contributed by atoms with Gasteiger partial charge in [0.2, 0.25) is 0 Å². The number of aromatic nitrogens is 1. The molecule has 2 amide bonds. The second-order valence-electron chi connectivity index (χ2n) is 5.47. The van der Waals surface area contributed by atoms with Gasteiger partial charge in [0, 0.05) is 35.9 Å². The Kier molecular flexibility index (Phi) is 4.57. The molecule has 120 valence electrons. The van der Waals surface area contributed by atoms with E-state index >= 15 is 0 Å². The highest BCUT2D eigenvalue weighted by Gasteiger charge is 2.28. The molecule has 3 rings (SSSR count). The fourth-order valence-corrected chi connectivity index (χ4v) is 3.30. The maximum absolute atomic E-state index is 12.3. The van der Waals surface area contributed by atoms with E-state index in [1.165, 1.54) is 11.3 Å². The second-order valence-corrected chi connectivity index (χ2v) is 6.37. The third kappa shape index (κ3) is 3.68. The highest BCUT2D eigenvalue weighted by Crippen LogP contribution is 2.25. The van der Waals surface area contributed by atoms with Gasteiger partial charge >= 0.3 is 12.0 Å². The Hall–Kier alpha value is -2.41. The van der Waals surface area contributed by atoms with Crippen molar-refractivity contribution in [2.75, 3.05) is 18.4 Å². The minimum Gasteiger partial charge on any atom is -0.481 e. The lowest BCUT2D eigenvalue weighted by Crippen LogP contribution is -2.44. The summed E-state index contributed by atoms with van der Waals surface area (Å²) in [6.45, 7) is 0.842. The van der Waals surface area contributed by atoms with Gasteiger partial charge in [0.05, 0.1) is 5.92 Å². The van der Waals surface area contributed by atoms with Crippen molar-refractivity contribution in [2.45, 2.75) is 12.8 Å². The van der Waals surface area contributed by atoms with Gasteiger partial charge in [-0.3, -0.25) is 4.79 Å². The first kappa shape index (κ1) is 15.5. The average Bonchev–Trinajstić information content (AvgIpc) is 3.10. The van der Waals surface area contributed by atoms with Crippen molar-refractivity contribution >= 4 is 29.0 Å². The molecule has 0 aliphatic carbocycles. The lowest BCUT2D eigenvalue weighted by atomic mass is 9.99. The molecule has 0 radical (unpaired) electrons. The third-order valence-corrected chi connectivity index (χ3v) is 4.67. The lowest BCUT2D eigenvalue weighted by molar-refractivity contribution is -0.143. The summed E-state index contributed by atoms with van der Waals surface area (Å²) in [4.78, 5) is 29.3. The Morgan fingerprint density at radius 1 is 1.39 bits per heavy atom. The van der Waals surface area contributed by atoms with Crippen LogP contribution >= 0.6 is 11.3 Å². The molecule has 1 aliphatic rings. The molecular weight excluding hydrogens is 314 g/mol. The lowest BCUT2D eigenvalue weighted by Gasteiger charge is -2.30. The maximum atomic E-state index is 12.3. The number of hydrogen-bond acceptors (Lipinski definition) is 4. The predicted octanol–water partition coefficient (Wildman–Crippen LogP) is 3.14. The maximum Gasteiger partial charge on any atom is 0.321 e. The number of urea groups is 1. The van der Waals surface area contributed by atoms with E-state index in [9.17, 15) is 9.59 Å². The third-order valence-electron chi connectivity index (χ3n) is 3.85. The van der Waals surface area contributed by atoms with E-state index in [1.54, 1.807) is 11.1 Å². The van der Waals surface area contributed by atoms with E-state index in [1.807, 2.05) is 29.6 Å². The zero-order chi connectivity index (χ0) is 16.2. The molecular formula is C16H17N3O3S. The van der Waals surface area contributed by atoms with Crippen LogP contribution in [0.5, 0.6) is 0 Å². The largest absolute Gasteiger partial charge is 0.481 e. The van der Waals surface area contributed by atoms with Gasteiger partial charge in [-0.15, -0.1) is 11.3 Å². The summed E-state index contributed by atoms with van der Waals surface area (Å²) in [6, 6.07) is 7.23. The van der Waals surface area contributed by atoms with Crippen molar-refractivity contribution in [3.8, 4) is 10.6 Å². The first-order valence-corrected chi connectivity index (χ1v) is 8.30. The summed E-state index contributed by atoms with van der Waals surface area (Å²) in [6.07, 6.45) is 3.08. The van der Waals surface area contributed by atoms with Gasteiger partial charge in [-0.1, -0.05) is 12.1 Å². The summed E-state index contributed by atoms with van der Waals surface area (Å²) >= 11 is 1.54. The van der Waals surface area contributed by atoms with Crippen molar-refractivity contribution in [1.82, 2.24) is 9.88 Å². The first-order valence-electron chi connectivity index (χ1n) is 7.42. The number of likely N-dealkylation sites (tertiary alicyclic amines) is 1. The van der Waals surface area contributed by atoms with E-state index < -0.39 is 11.9 Å². The van der Waals surface area contributed by atoms with Crippen LogP contribution in [-0.4, -0.2) is 40.1 Å². The van der Waals surface area contributed by atoms with Crippen molar-refractivity contribution in [1.29, 1.82) is 0 Å². The summed E-state index contributed by atoms with van der Waals surface area (Å²) < 4.78 is 0. The van der Waals surface area contributed by atoms with Crippen LogP contribution in [0.25, 0.3) is 10.6 Å². The minimum atomic E-state index is -0.840. The van der Waals surface area contributed by atoms with Crippen molar-refractivity contribution in [3.63, 3.8) is 0 Å². The molecule has 7 heteroatoms. The van der Waals surface area contributed by atoms with Crippen LogP contribution in [0.3, 0.4) is 0 Å². The number of nitrogens with one attached hydrogen (secondary N) is 1. The highest BCUT2D eigenvalue weighted by atomic mass is 32.1. The zero-order valence-corrected chi connectivity index (χ0v) is 13.3. The molecule has 2 heterocycles. The molecule has 2 N–H and O–H groups in total. The van der Waals surface area contributed by atoms with E-state index in [2.05, 4.69) is 10.3 Å². The standard InChI is InChI=1S/C16H17N3O3S/c20-15(21)12-4-2-7-19(10-12)16(22)18-13-5-1-3-11(9-13)14-17-6-8-23-14/h1,3,5-6,8-9,12H,2,4,7,10H2,(H,18,22)(H,20,21). The van der Waals surface area contributed by atoms with Gasteiger partial charge in [0.1, 0.15) is 5.01 Å². The van der Waals surface area contributed by atoms with Gasteiger partial charge in [-0.25, -0.2) is 9.78 Å². The Balaban J connectivity index is 1.68. The van der Waals surface area contributed by atoms with E-state index in [0.29, 0.717) is 25.1 Å². The normalized spacial score (nSPS) is 17.7. The number of benzene rings is 1. The fourth-order valence-electron chi connectivity index (χ4n) is 2.66. The molecule has 0 bridgehead atoms. The second kappa shape index (κ2) is 6.78. The van der Waals surface area contributed by atoms with E-state index in [-0.39, 0.29) is 12.6 Å². The van der Waals surface area contributed by atoms with Gasteiger partial charge < -0.3 is 15.3 Å². The van der Waals surface area contributed by atoms with Crippen LogP contribution in [0.1, 0.15) is 12.8 Å². The van der Waals surface area contributed by atoms with Crippen LogP contribution in [-0.2, 0) is 4.79 Å². The smallest absolute Gasteiger partial charge is 0.321 e. The number of nitrogens with zero attached hydrogens (tertiary/aromatic N) is 2. The summed E-state index contributed by atoms with van der Waals surface area (Å²) in [5.74, 6) is -1.32. The van der Waals surface area contributed by atoms with Gasteiger partial charge in [-0.05, 0) is 25.0 Å². The molecule has 1 aliphatic heterocycles. The number of aliphatic carboxylic acids is 1. The van der Waals surface area contributed by atoms with Crippen molar-refractivity contribution < 1.29 is 14.7 Å². The quantitative estimate of drug-likeness (QED) is 0.905. The summed E-state index contributed by atoms with van der Waals surface area (Å²) in [7, 11) is 0. The number of carboxylic acid groups (broad SMARTS) is 1. The number of carbonyl (C=O) groups excluding carboxylic acids is 1. The first-order chi connectivity index (χ1) is 11.1. The average molecular weight is 331 g/mol. The van der Waals surface area contributed by atoms with Crippen LogP contribution in [0.2, 0.25) is 0 Å². The Morgan fingerprint density at radius 2 is 2.26 bits per heavy atom. The number of rotatable bonds is 3. The number of thiazole rings is 1. The molecule has 1 aromatic carbocycles. The van der Waals surface area contributed by atoms with Crippen LogP contribution < -0.4 is 5.32 Å². The summed E-state index contributed by atoms with van der Waals surface area (Å²) in [5.41, 5.74) is 1.63. The molecule has 0 spiro atoms. The molecule has 2 aromatic rings. The monoisotopic (exact) mass is 331 g/mol. The molecule has 1 saturated heterocycles. The SMILES string of the molecule is O=C(O)C1CCCN(C(=O)Nc2cccc(-c3nccs3)c2)C1. The van der Waals surface area contributed by atoms with Crippen molar-refractivity contribution in [2.24, 2.45) is 5.92 Å². The van der Waals surface area contributed by atoms with E-state index in [4.69, 9.17) is 5.11 Å². The highest BCUT2D eigenvalue weighted by molar-refractivity contribution is 7.13. The van der Waals surface area contributed by atoms with Crippen LogP contribution in [0, 0.1) is 5.92 Å². The molecule has 0 saturated carbocycles. The van der Waals surface area contributed by atoms with Gasteiger partial charge in [0.15, 0.2) is 0 Å². The fraction of sp³-hybridized carbons (Fsp3) is 0.312. The molecule has 6 nitrogen and oxygen atoms in total.